The molecule has 2 amide bonds. The highest BCUT2D eigenvalue weighted by atomic mass is 32.1. The van der Waals surface area contributed by atoms with Gasteiger partial charge in [0.05, 0.1) is 29.1 Å². The Balaban J connectivity index is 1.35. The second-order valence-electron chi connectivity index (χ2n) is 5.73. The highest BCUT2D eigenvalue weighted by molar-refractivity contribution is 7.17. The van der Waals surface area contributed by atoms with E-state index in [0.29, 0.717) is 11.4 Å². The molecule has 0 saturated carbocycles. The summed E-state index contributed by atoms with van der Waals surface area (Å²) < 4.78 is 6.32. The molecule has 0 radical (unpaired) electrons. The van der Waals surface area contributed by atoms with E-state index in [9.17, 15) is 4.79 Å². The number of hydrogen-bond acceptors (Lipinski definition) is 6. The number of ether oxygens (including phenoxy) is 1. The molecule has 1 saturated heterocycles. The van der Waals surface area contributed by atoms with Crippen LogP contribution in [0.3, 0.4) is 0 Å². The first kappa shape index (κ1) is 15.6. The van der Waals surface area contributed by atoms with Gasteiger partial charge in [-0.15, -0.1) is 11.3 Å². The number of thiophene rings is 1. The summed E-state index contributed by atoms with van der Waals surface area (Å²) in [5.74, 6) is 1.57. The number of nitrogens with zero attached hydrogens (tertiary/aromatic N) is 3. The normalized spacial score (nSPS) is 14.2. The molecule has 0 aliphatic carbocycles. The number of benzene rings is 1. The smallest absolute Gasteiger partial charge is 0.319 e. The number of amides is 2. The van der Waals surface area contributed by atoms with E-state index in [1.165, 1.54) is 0 Å². The van der Waals surface area contributed by atoms with Crippen molar-refractivity contribution in [2.24, 2.45) is 0 Å². The molecule has 4 rings (SSSR count). The van der Waals surface area contributed by atoms with Gasteiger partial charge < -0.3 is 20.3 Å². The van der Waals surface area contributed by atoms with E-state index in [0.717, 1.165) is 29.1 Å². The summed E-state index contributed by atoms with van der Waals surface area (Å²) in [5, 5.41) is 7.81. The lowest BCUT2D eigenvalue weighted by molar-refractivity contribution is 0.245. The summed E-state index contributed by atoms with van der Waals surface area (Å²) in [6.45, 7) is 1.45. The molecule has 1 aromatic carbocycles. The minimum absolute atomic E-state index is 0.0830. The third-order valence-corrected chi connectivity index (χ3v) is 5.00. The summed E-state index contributed by atoms with van der Waals surface area (Å²) in [4.78, 5) is 23.0. The Hall–Kier alpha value is -2.87. The van der Waals surface area contributed by atoms with Crippen LogP contribution in [-0.4, -0.2) is 42.2 Å². The third-order valence-electron chi connectivity index (χ3n) is 4.10. The van der Waals surface area contributed by atoms with E-state index in [2.05, 4.69) is 25.5 Å². The van der Waals surface area contributed by atoms with Gasteiger partial charge in [-0.2, -0.15) is 0 Å². The number of anilines is 2. The molecule has 0 unspecified atom stereocenters. The molecule has 0 bridgehead atoms. The van der Waals surface area contributed by atoms with Gasteiger partial charge in [-0.1, -0.05) is 12.1 Å². The zero-order valence-corrected chi connectivity index (χ0v) is 14.4. The van der Waals surface area contributed by atoms with Crippen molar-refractivity contribution < 1.29 is 9.53 Å². The standard InChI is InChI=1S/C17H17N5O2S/c1-24-14-5-3-2-4-12(14)21-17(23)20-11-8-22(9-11)16-15-13(6-7-25-15)18-10-19-16/h2-7,10-11H,8-9H2,1H3,(H2,20,21,23). The van der Waals surface area contributed by atoms with Gasteiger partial charge >= 0.3 is 6.03 Å². The molecule has 8 heteroatoms. The number of urea groups is 1. The second-order valence-corrected chi connectivity index (χ2v) is 6.65. The SMILES string of the molecule is COc1ccccc1NC(=O)NC1CN(c2ncnc3ccsc23)C1. The number of rotatable bonds is 4. The molecule has 128 valence electrons. The number of para-hydroxylation sites is 2. The summed E-state index contributed by atoms with van der Waals surface area (Å²) in [6, 6.07) is 9.16. The van der Waals surface area contributed by atoms with Crippen LogP contribution in [0.4, 0.5) is 16.3 Å². The summed E-state index contributed by atoms with van der Waals surface area (Å²) in [6.07, 6.45) is 1.58. The number of fused-ring (bicyclic) bond motifs is 1. The van der Waals surface area contributed by atoms with Crippen molar-refractivity contribution in [1.82, 2.24) is 15.3 Å². The highest BCUT2D eigenvalue weighted by Crippen LogP contribution is 2.30. The van der Waals surface area contributed by atoms with Gasteiger partial charge in [0.2, 0.25) is 0 Å². The molecular weight excluding hydrogens is 338 g/mol. The lowest BCUT2D eigenvalue weighted by Crippen LogP contribution is -2.60. The van der Waals surface area contributed by atoms with Crippen LogP contribution in [0.5, 0.6) is 5.75 Å². The monoisotopic (exact) mass is 355 g/mol. The quantitative estimate of drug-likeness (QED) is 0.752. The Morgan fingerprint density at radius 1 is 1.28 bits per heavy atom. The third kappa shape index (κ3) is 3.08. The van der Waals surface area contributed by atoms with Crippen LogP contribution < -0.4 is 20.3 Å². The predicted molar refractivity (Wildman–Crippen MR) is 98.6 cm³/mol. The van der Waals surface area contributed by atoms with Crippen LogP contribution in [0.25, 0.3) is 10.2 Å². The Bertz CT molecular complexity index is 907. The number of carbonyl (C=O) groups excluding carboxylic acids is 1. The minimum atomic E-state index is -0.238. The van der Waals surface area contributed by atoms with Gasteiger partial charge in [0.25, 0.3) is 0 Å². The zero-order chi connectivity index (χ0) is 17.2. The average Bonchev–Trinajstić information content (AvgIpc) is 3.07. The number of hydrogen-bond donors (Lipinski definition) is 2. The van der Waals surface area contributed by atoms with E-state index in [4.69, 9.17) is 4.74 Å². The van der Waals surface area contributed by atoms with Crippen molar-refractivity contribution in [2.75, 3.05) is 30.4 Å². The van der Waals surface area contributed by atoms with E-state index in [1.807, 2.05) is 29.6 Å². The maximum atomic E-state index is 12.2. The van der Waals surface area contributed by atoms with E-state index < -0.39 is 0 Å². The molecular formula is C17H17N5O2S. The largest absolute Gasteiger partial charge is 0.495 e. The number of nitrogens with one attached hydrogen (secondary N) is 2. The highest BCUT2D eigenvalue weighted by Gasteiger charge is 2.30. The van der Waals surface area contributed by atoms with Crippen molar-refractivity contribution in [3.63, 3.8) is 0 Å². The Labute approximate surface area is 148 Å². The molecule has 3 heterocycles. The number of carbonyl (C=O) groups is 1. The average molecular weight is 355 g/mol. The Kier molecular flexibility index (Phi) is 4.10. The molecule has 2 N–H and O–H groups in total. The van der Waals surface area contributed by atoms with Crippen LogP contribution in [0, 0.1) is 0 Å². The second kappa shape index (κ2) is 6.56. The van der Waals surface area contributed by atoms with Crippen molar-refractivity contribution in [2.45, 2.75) is 6.04 Å². The maximum Gasteiger partial charge on any atom is 0.319 e. The Morgan fingerprint density at radius 3 is 2.96 bits per heavy atom. The topological polar surface area (TPSA) is 79.4 Å². The van der Waals surface area contributed by atoms with E-state index in [-0.39, 0.29) is 12.1 Å². The zero-order valence-electron chi connectivity index (χ0n) is 13.6. The van der Waals surface area contributed by atoms with E-state index in [1.54, 1.807) is 30.8 Å². The molecule has 2 aromatic heterocycles. The first-order valence-corrected chi connectivity index (χ1v) is 8.76. The minimum Gasteiger partial charge on any atom is -0.495 e. The van der Waals surface area contributed by atoms with Gasteiger partial charge in [-0.3, -0.25) is 0 Å². The van der Waals surface area contributed by atoms with Gasteiger partial charge in [0.1, 0.15) is 17.9 Å². The van der Waals surface area contributed by atoms with Crippen LogP contribution in [0.1, 0.15) is 0 Å². The molecule has 7 nitrogen and oxygen atoms in total. The van der Waals surface area contributed by atoms with Crippen molar-refractivity contribution in [3.8, 4) is 5.75 Å². The van der Waals surface area contributed by atoms with Crippen molar-refractivity contribution >= 4 is 39.1 Å². The summed E-state index contributed by atoms with van der Waals surface area (Å²) >= 11 is 1.63. The lowest BCUT2D eigenvalue weighted by Gasteiger charge is -2.40. The van der Waals surface area contributed by atoms with Crippen LogP contribution >= 0.6 is 11.3 Å². The van der Waals surface area contributed by atoms with E-state index >= 15 is 0 Å². The molecule has 1 aliphatic heterocycles. The maximum absolute atomic E-state index is 12.2. The fourth-order valence-corrected chi connectivity index (χ4v) is 3.70. The molecule has 0 atom stereocenters. The molecule has 1 fully saturated rings. The van der Waals surface area contributed by atoms with Gasteiger partial charge in [-0.25, -0.2) is 14.8 Å². The lowest BCUT2D eigenvalue weighted by atomic mass is 10.1. The first-order chi connectivity index (χ1) is 12.2. The van der Waals surface area contributed by atoms with Crippen LogP contribution in [0.15, 0.2) is 42.0 Å². The molecule has 3 aromatic rings. The molecule has 0 spiro atoms. The number of methoxy groups -OCH3 is 1. The summed E-state index contributed by atoms with van der Waals surface area (Å²) in [7, 11) is 1.58. The fourth-order valence-electron chi connectivity index (χ4n) is 2.84. The van der Waals surface area contributed by atoms with Crippen molar-refractivity contribution in [3.05, 3.63) is 42.0 Å². The van der Waals surface area contributed by atoms with Gasteiger partial charge in [0, 0.05) is 13.1 Å². The molecule has 1 aliphatic rings. The van der Waals surface area contributed by atoms with Crippen LogP contribution in [-0.2, 0) is 0 Å². The van der Waals surface area contributed by atoms with Gasteiger partial charge in [0.15, 0.2) is 0 Å². The Morgan fingerprint density at radius 2 is 2.12 bits per heavy atom. The fraction of sp³-hybridized carbons (Fsp3) is 0.235. The van der Waals surface area contributed by atoms with Gasteiger partial charge in [-0.05, 0) is 23.6 Å². The first-order valence-electron chi connectivity index (χ1n) is 7.88. The van der Waals surface area contributed by atoms with Crippen LogP contribution in [0.2, 0.25) is 0 Å². The molecule has 25 heavy (non-hydrogen) atoms. The summed E-state index contributed by atoms with van der Waals surface area (Å²) in [5.41, 5.74) is 1.61. The number of aromatic nitrogens is 2. The van der Waals surface area contributed by atoms with Crippen molar-refractivity contribution in [1.29, 1.82) is 0 Å². The predicted octanol–water partition coefficient (Wildman–Crippen LogP) is 2.71.